The number of nitrogens with zero attached hydrogens (tertiary/aromatic N) is 4. The Hall–Kier alpha value is -1.92. The van der Waals surface area contributed by atoms with Gasteiger partial charge in [-0.05, 0) is 25.2 Å². The largest absolute Gasteiger partial charge is 0.342 e. The maximum atomic E-state index is 12.9. The van der Waals surface area contributed by atoms with Crippen LogP contribution >= 0.6 is 0 Å². The first-order chi connectivity index (χ1) is 12.9. The SMILES string of the molecule is CC(C)c1noc(CN(C)C(=O)[C@H]2CCC(=O)N(CC3CCCCC3)C2)n1. The molecule has 1 aliphatic heterocycles. The minimum absolute atomic E-state index is 0.0560. The van der Waals surface area contributed by atoms with Gasteiger partial charge in [-0.1, -0.05) is 38.3 Å². The predicted octanol–water partition coefficient (Wildman–Crippen LogP) is 2.97. The van der Waals surface area contributed by atoms with Crippen molar-refractivity contribution in [2.24, 2.45) is 11.8 Å². The average Bonchev–Trinajstić information content (AvgIpc) is 3.12. The quantitative estimate of drug-likeness (QED) is 0.762. The van der Waals surface area contributed by atoms with Gasteiger partial charge in [0.2, 0.25) is 17.7 Å². The molecule has 1 atom stereocenters. The summed E-state index contributed by atoms with van der Waals surface area (Å²) in [6, 6.07) is 0. The zero-order valence-corrected chi connectivity index (χ0v) is 16.8. The Morgan fingerprint density at radius 1 is 1.26 bits per heavy atom. The van der Waals surface area contributed by atoms with Crippen LogP contribution in [0.4, 0.5) is 0 Å². The molecule has 2 amide bonds. The van der Waals surface area contributed by atoms with Crippen LogP contribution in [0.2, 0.25) is 0 Å². The second-order valence-corrected chi connectivity index (χ2v) is 8.43. The lowest BCUT2D eigenvalue weighted by Crippen LogP contribution is -2.47. The molecule has 1 aromatic rings. The highest BCUT2D eigenvalue weighted by Crippen LogP contribution is 2.27. The standard InChI is InChI=1S/C20H32N4O3/c1-14(2)19-21-17(27-22-19)13-23(3)20(26)16-9-10-18(25)24(12-16)11-15-7-5-4-6-8-15/h14-16H,4-13H2,1-3H3/t16-/m0/s1. The maximum absolute atomic E-state index is 12.9. The van der Waals surface area contributed by atoms with Gasteiger partial charge in [0.05, 0.1) is 12.5 Å². The highest BCUT2D eigenvalue weighted by molar-refractivity contribution is 5.83. The van der Waals surface area contributed by atoms with E-state index in [2.05, 4.69) is 10.1 Å². The summed E-state index contributed by atoms with van der Waals surface area (Å²) in [5, 5.41) is 3.95. The van der Waals surface area contributed by atoms with Crippen LogP contribution in [0.3, 0.4) is 0 Å². The Kier molecular flexibility index (Phi) is 6.50. The van der Waals surface area contributed by atoms with E-state index in [-0.39, 0.29) is 23.7 Å². The Morgan fingerprint density at radius 3 is 2.67 bits per heavy atom. The number of carbonyl (C=O) groups excluding carboxylic acids is 2. The summed E-state index contributed by atoms with van der Waals surface area (Å²) >= 11 is 0. The van der Waals surface area contributed by atoms with Gasteiger partial charge in [-0.25, -0.2) is 0 Å². The van der Waals surface area contributed by atoms with Gasteiger partial charge in [-0.15, -0.1) is 0 Å². The lowest BCUT2D eigenvalue weighted by molar-refractivity contribution is -0.143. The number of carbonyl (C=O) groups is 2. The molecule has 150 valence electrons. The summed E-state index contributed by atoms with van der Waals surface area (Å²) < 4.78 is 5.25. The van der Waals surface area contributed by atoms with Gasteiger partial charge in [0.15, 0.2) is 5.82 Å². The van der Waals surface area contributed by atoms with Crippen molar-refractivity contribution < 1.29 is 14.1 Å². The zero-order valence-electron chi connectivity index (χ0n) is 16.8. The molecule has 0 aromatic carbocycles. The number of likely N-dealkylation sites (tertiary alicyclic amines) is 1. The fourth-order valence-corrected chi connectivity index (χ4v) is 4.13. The predicted molar refractivity (Wildman–Crippen MR) is 101 cm³/mol. The second-order valence-electron chi connectivity index (χ2n) is 8.43. The molecule has 1 saturated carbocycles. The van der Waals surface area contributed by atoms with E-state index in [1.807, 2.05) is 18.7 Å². The van der Waals surface area contributed by atoms with Gasteiger partial charge < -0.3 is 14.3 Å². The van der Waals surface area contributed by atoms with E-state index >= 15 is 0 Å². The Labute approximate surface area is 161 Å². The van der Waals surface area contributed by atoms with Crippen LogP contribution in [0.15, 0.2) is 4.52 Å². The monoisotopic (exact) mass is 376 g/mol. The first kappa shape index (κ1) is 19.8. The Morgan fingerprint density at radius 2 is 2.00 bits per heavy atom. The molecular weight excluding hydrogens is 344 g/mol. The summed E-state index contributed by atoms with van der Waals surface area (Å²) in [7, 11) is 1.77. The topological polar surface area (TPSA) is 79.5 Å². The molecule has 7 heteroatoms. The first-order valence-corrected chi connectivity index (χ1v) is 10.3. The van der Waals surface area contributed by atoms with Gasteiger partial charge in [0, 0.05) is 32.5 Å². The molecular formula is C20H32N4O3. The van der Waals surface area contributed by atoms with Crippen molar-refractivity contribution in [3.8, 4) is 0 Å². The molecule has 0 spiro atoms. The number of hydrogen-bond donors (Lipinski definition) is 0. The summed E-state index contributed by atoms with van der Waals surface area (Å²) in [4.78, 5) is 33.1. The molecule has 0 radical (unpaired) electrons. The average molecular weight is 377 g/mol. The molecule has 1 saturated heterocycles. The third-order valence-electron chi connectivity index (χ3n) is 5.80. The van der Waals surface area contributed by atoms with Gasteiger partial charge in [-0.2, -0.15) is 4.98 Å². The summed E-state index contributed by atoms with van der Waals surface area (Å²) in [6.07, 6.45) is 7.35. The summed E-state index contributed by atoms with van der Waals surface area (Å²) in [5.74, 6) is 2.03. The van der Waals surface area contributed by atoms with Crippen molar-refractivity contribution in [3.63, 3.8) is 0 Å². The Bertz CT molecular complexity index is 651. The van der Waals surface area contributed by atoms with Crippen LogP contribution < -0.4 is 0 Å². The fourth-order valence-electron chi connectivity index (χ4n) is 4.13. The summed E-state index contributed by atoms with van der Waals surface area (Å²) in [6.45, 7) is 5.67. The number of aromatic nitrogens is 2. The van der Waals surface area contributed by atoms with E-state index in [1.54, 1.807) is 11.9 Å². The normalized spacial score (nSPS) is 21.7. The van der Waals surface area contributed by atoms with Crippen molar-refractivity contribution in [2.75, 3.05) is 20.1 Å². The van der Waals surface area contributed by atoms with Crippen molar-refractivity contribution >= 4 is 11.8 Å². The van der Waals surface area contributed by atoms with Crippen LogP contribution in [-0.2, 0) is 16.1 Å². The molecule has 2 aliphatic rings. The van der Waals surface area contributed by atoms with Gasteiger partial charge in [0.25, 0.3) is 0 Å². The first-order valence-electron chi connectivity index (χ1n) is 10.3. The molecule has 1 aromatic heterocycles. The lowest BCUT2D eigenvalue weighted by Gasteiger charge is -2.36. The van der Waals surface area contributed by atoms with Crippen LogP contribution in [0.25, 0.3) is 0 Å². The lowest BCUT2D eigenvalue weighted by atomic mass is 9.87. The van der Waals surface area contributed by atoms with Crippen molar-refractivity contribution in [3.05, 3.63) is 11.7 Å². The van der Waals surface area contributed by atoms with Crippen LogP contribution in [0.5, 0.6) is 0 Å². The molecule has 3 rings (SSSR count). The third kappa shape index (κ3) is 5.08. The van der Waals surface area contributed by atoms with Crippen molar-refractivity contribution in [1.29, 1.82) is 0 Å². The highest BCUT2D eigenvalue weighted by Gasteiger charge is 2.33. The molecule has 2 fully saturated rings. The number of rotatable bonds is 6. The van der Waals surface area contributed by atoms with Crippen LogP contribution in [-0.4, -0.2) is 51.9 Å². The van der Waals surface area contributed by atoms with E-state index in [4.69, 9.17) is 4.52 Å². The number of piperidine rings is 1. The number of hydrogen-bond acceptors (Lipinski definition) is 5. The Balaban J connectivity index is 1.55. The third-order valence-corrected chi connectivity index (χ3v) is 5.80. The molecule has 0 unspecified atom stereocenters. The van der Waals surface area contributed by atoms with Gasteiger partial charge in [0.1, 0.15) is 0 Å². The molecule has 2 heterocycles. The molecule has 27 heavy (non-hydrogen) atoms. The van der Waals surface area contributed by atoms with E-state index < -0.39 is 0 Å². The van der Waals surface area contributed by atoms with Crippen molar-refractivity contribution in [1.82, 2.24) is 19.9 Å². The van der Waals surface area contributed by atoms with Crippen LogP contribution in [0.1, 0.15) is 76.4 Å². The molecule has 7 nitrogen and oxygen atoms in total. The molecule has 1 aliphatic carbocycles. The van der Waals surface area contributed by atoms with Crippen LogP contribution in [0, 0.1) is 11.8 Å². The smallest absolute Gasteiger partial charge is 0.246 e. The van der Waals surface area contributed by atoms with Gasteiger partial charge >= 0.3 is 0 Å². The molecule has 0 N–H and O–H groups in total. The van der Waals surface area contributed by atoms with E-state index in [9.17, 15) is 9.59 Å². The van der Waals surface area contributed by atoms with E-state index in [1.165, 1.54) is 32.1 Å². The van der Waals surface area contributed by atoms with Gasteiger partial charge in [-0.3, -0.25) is 9.59 Å². The van der Waals surface area contributed by atoms with E-state index in [0.717, 1.165) is 6.54 Å². The van der Waals surface area contributed by atoms with E-state index in [0.29, 0.717) is 43.6 Å². The number of amides is 2. The maximum Gasteiger partial charge on any atom is 0.246 e. The minimum atomic E-state index is -0.135. The summed E-state index contributed by atoms with van der Waals surface area (Å²) in [5.41, 5.74) is 0. The second kappa shape index (κ2) is 8.85. The zero-order chi connectivity index (χ0) is 19.4. The highest BCUT2D eigenvalue weighted by atomic mass is 16.5. The fraction of sp³-hybridized carbons (Fsp3) is 0.800. The minimum Gasteiger partial charge on any atom is -0.342 e. The van der Waals surface area contributed by atoms with Crippen molar-refractivity contribution in [2.45, 2.75) is 71.3 Å². The molecule has 0 bridgehead atoms.